The maximum atomic E-state index is 12.3. The number of nitrogens with two attached hydrogens (primary N) is 1. The Hall–Kier alpha value is -3.36. The molecule has 0 saturated carbocycles. The van der Waals surface area contributed by atoms with Crippen LogP contribution in [0.4, 0.5) is 5.82 Å². The molecule has 1 aliphatic rings. The summed E-state index contributed by atoms with van der Waals surface area (Å²) in [5, 5.41) is 0.482. The molecule has 1 aromatic carbocycles. The fraction of sp³-hybridized carbons (Fsp3) is 0.263. The van der Waals surface area contributed by atoms with Crippen molar-refractivity contribution in [3.8, 4) is 23.0 Å². The van der Waals surface area contributed by atoms with E-state index in [-0.39, 0.29) is 24.9 Å². The Labute approximate surface area is 192 Å². The van der Waals surface area contributed by atoms with E-state index < -0.39 is 10.0 Å². The fourth-order valence-electron chi connectivity index (χ4n) is 3.35. The van der Waals surface area contributed by atoms with E-state index in [4.69, 9.17) is 19.6 Å². The van der Waals surface area contributed by atoms with Crippen LogP contribution in [0, 0.1) is 0 Å². The van der Waals surface area contributed by atoms with E-state index in [0.29, 0.717) is 45.8 Å². The highest BCUT2D eigenvalue weighted by Crippen LogP contribution is 2.44. The minimum absolute atomic E-state index is 0.113. The molecule has 1 aliphatic heterocycles. The molecule has 0 aliphatic carbocycles. The highest BCUT2D eigenvalue weighted by atomic mass is 32.2. The summed E-state index contributed by atoms with van der Waals surface area (Å²) in [6.07, 6.45) is 4.35. The second kappa shape index (κ2) is 8.53. The van der Waals surface area contributed by atoms with Crippen molar-refractivity contribution in [3.05, 3.63) is 30.9 Å². The summed E-state index contributed by atoms with van der Waals surface area (Å²) in [6, 6.07) is 3.59. The molecule has 0 amide bonds. The first-order valence-corrected chi connectivity index (χ1v) is 12.4. The minimum Gasteiger partial charge on any atom is -0.454 e. The molecule has 3 aromatic heterocycles. The van der Waals surface area contributed by atoms with E-state index in [1.54, 1.807) is 29.8 Å². The number of hydrogen-bond donors (Lipinski definition) is 2. The lowest BCUT2D eigenvalue weighted by atomic mass is 10.2. The summed E-state index contributed by atoms with van der Waals surface area (Å²) < 4.78 is 45.3. The highest BCUT2D eigenvalue weighted by Gasteiger charge is 2.24. The first-order valence-electron chi connectivity index (χ1n) is 9.90. The Bertz CT molecular complexity index is 1420. The van der Waals surface area contributed by atoms with Crippen LogP contribution in [0.5, 0.6) is 11.5 Å². The van der Waals surface area contributed by atoms with Gasteiger partial charge in [-0.25, -0.2) is 33.1 Å². The second-order valence-electron chi connectivity index (χ2n) is 6.93. The van der Waals surface area contributed by atoms with E-state index >= 15 is 0 Å². The van der Waals surface area contributed by atoms with Gasteiger partial charge < -0.3 is 24.2 Å². The fourth-order valence-corrected chi connectivity index (χ4v) is 5.40. The summed E-state index contributed by atoms with van der Waals surface area (Å²) in [5.74, 6) is 1.59. The van der Waals surface area contributed by atoms with Gasteiger partial charge in [-0.1, -0.05) is 18.7 Å². The van der Waals surface area contributed by atoms with Gasteiger partial charge in [0.25, 0.3) is 0 Å². The lowest BCUT2D eigenvalue weighted by molar-refractivity contribution is 0.174. The van der Waals surface area contributed by atoms with Crippen molar-refractivity contribution in [1.29, 1.82) is 0 Å². The van der Waals surface area contributed by atoms with E-state index in [2.05, 4.69) is 24.7 Å². The molecule has 14 heteroatoms. The van der Waals surface area contributed by atoms with Gasteiger partial charge in [-0.05, 0) is 12.1 Å². The van der Waals surface area contributed by atoms with E-state index in [1.807, 2.05) is 0 Å². The van der Waals surface area contributed by atoms with Crippen LogP contribution < -0.4 is 19.9 Å². The lowest BCUT2D eigenvalue weighted by Crippen LogP contribution is -2.28. The van der Waals surface area contributed by atoms with Crippen molar-refractivity contribution in [3.63, 3.8) is 0 Å². The molecule has 0 fully saturated rings. The molecule has 33 heavy (non-hydrogen) atoms. The van der Waals surface area contributed by atoms with Gasteiger partial charge >= 0.3 is 0 Å². The number of ether oxygens (including phenoxy) is 2. The van der Waals surface area contributed by atoms with E-state index in [9.17, 15) is 8.42 Å². The number of nitrogens with one attached hydrogen (secondary N) is 1. The highest BCUT2D eigenvalue weighted by molar-refractivity contribution is 7.99. The summed E-state index contributed by atoms with van der Waals surface area (Å²) in [6.45, 7) is 2.26. The summed E-state index contributed by atoms with van der Waals surface area (Å²) >= 11 is 1.28. The number of nitrogens with zero attached hydrogens (tertiary/aromatic N) is 5. The van der Waals surface area contributed by atoms with E-state index in [1.165, 1.54) is 24.4 Å². The number of nitrogen functional groups attached to an aromatic ring is 1. The monoisotopic (exact) mass is 489 g/mol. The first kappa shape index (κ1) is 21.5. The van der Waals surface area contributed by atoms with Gasteiger partial charge in [0.15, 0.2) is 33.6 Å². The molecule has 12 nitrogen and oxygen atoms in total. The Morgan fingerprint density at radius 1 is 1.21 bits per heavy atom. The normalized spacial score (nSPS) is 13.1. The van der Waals surface area contributed by atoms with Gasteiger partial charge in [-0.3, -0.25) is 0 Å². The third-order valence-corrected chi connectivity index (χ3v) is 7.31. The van der Waals surface area contributed by atoms with Crippen LogP contribution in [0.15, 0.2) is 45.4 Å². The number of oxazole rings is 1. The third-order valence-electron chi connectivity index (χ3n) is 4.81. The minimum atomic E-state index is -3.47. The van der Waals surface area contributed by atoms with Crippen LogP contribution in [0.25, 0.3) is 22.6 Å². The number of fused-ring (bicyclic) bond motifs is 2. The zero-order chi connectivity index (χ0) is 23.0. The molecule has 3 N–H and O–H groups in total. The Balaban J connectivity index is 1.59. The van der Waals surface area contributed by atoms with Gasteiger partial charge in [0, 0.05) is 18.0 Å². The molecule has 4 aromatic rings. The Kier molecular flexibility index (Phi) is 5.55. The average molecular weight is 490 g/mol. The molecule has 0 unspecified atom stereocenters. The maximum absolute atomic E-state index is 12.3. The van der Waals surface area contributed by atoms with Gasteiger partial charge in [0.05, 0.1) is 17.5 Å². The summed E-state index contributed by atoms with van der Waals surface area (Å²) in [5.41, 5.74) is 7.52. The average Bonchev–Trinajstić information content (AvgIpc) is 3.52. The van der Waals surface area contributed by atoms with Gasteiger partial charge in [-0.15, -0.1) is 0 Å². The molecule has 0 spiro atoms. The number of aromatic nitrogens is 5. The predicted octanol–water partition coefficient (Wildman–Crippen LogP) is 1.88. The molecular weight excluding hydrogens is 470 g/mol. The number of imidazole rings is 1. The van der Waals surface area contributed by atoms with Crippen molar-refractivity contribution >= 4 is 38.8 Å². The van der Waals surface area contributed by atoms with Crippen molar-refractivity contribution < 1.29 is 22.3 Å². The Morgan fingerprint density at radius 2 is 2.03 bits per heavy atom. The third kappa shape index (κ3) is 4.19. The Morgan fingerprint density at radius 3 is 2.79 bits per heavy atom. The molecule has 4 heterocycles. The van der Waals surface area contributed by atoms with Gasteiger partial charge in [-0.2, -0.15) is 0 Å². The quantitative estimate of drug-likeness (QED) is 0.372. The number of aryl methyl sites for hydroxylation is 1. The van der Waals surface area contributed by atoms with Crippen molar-refractivity contribution in [2.24, 2.45) is 0 Å². The number of rotatable bonds is 8. The summed E-state index contributed by atoms with van der Waals surface area (Å²) in [7, 11) is -3.47. The van der Waals surface area contributed by atoms with Crippen LogP contribution >= 0.6 is 11.8 Å². The smallest absolute Gasteiger partial charge is 0.231 e. The van der Waals surface area contributed by atoms with Crippen LogP contribution in [0.2, 0.25) is 0 Å². The number of hydrogen-bond acceptors (Lipinski definition) is 11. The van der Waals surface area contributed by atoms with Crippen molar-refractivity contribution in [1.82, 2.24) is 29.2 Å². The molecule has 172 valence electrons. The maximum Gasteiger partial charge on any atom is 0.231 e. The molecular formula is C19H19N7O5S2. The van der Waals surface area contributed by atoms with Crippen LogP contribution in [0.3, 0.4) is 0 Å². The first-order chi connectivity index (χ1) is 15.9. The van der Waals surface area contributed by atoms with Crippen LogP contribution in [0.1, 0.15) is 6.92 Å². The topological polar surface area (TPSA) is 160 Å². The summed E-state index contributed by atoms with van der Waals surface area (Å²) in [4.78, 5) is 17.9. The lowest BCUT2D eigenvalue weighted by Gasteiger charge is -2.11. The van der Waals surface area contributed by atoms with Crippen molar-refractivity contribution in [2.45, 2.75) is 23.5 Å². The zero-order valence-electron chi connectivity index (χ0n) is 17.4. The predicted molar refractivity (Wildman–Crippen MR) is 119 cm³/mol. The zero-order valence-corrected chi connectivity index (χ0v) is 19.0. The van der Waals surface area contributed by atoms with Crippen LogP contribution in [-0.2, 0) is 16.6 Å². The molecule has 0 bridgehead atoms. The number of anilines is 1. The molecule has 5 rings (SSSR count). The van der Waals surface area contributed by atoms with Crippen molar-refractivity contribution in [2.75, 3.05) is 24.8 Å². The van der Waals surface area contributed by atoms with E-state index in [0.717, 1.165) is 4.90 Å². The standard InChI is InChI=1S/C19H19N7O5S2/c1-2-24-33(27,28)6-4-26-17-15(16(20)22-9-23-17)25-19(26)32-14-8-13-12(30-10-31-13)7-11(14)18-21-3-5-29-18/h3,5,7-9,24H,2,4,6,10H2,1H3,(H2,20,22,23). The molecule has 0 radical (unpaired) electrons. The SMILES string of the molecule is CCNS(=O)(=O)CCn1c(Sc2cc3c(cc2-c2ncco2)OCO3)nc2c(N)ncnc21. The van der Waals surface area contributed by atoms with Crippen LogP contribution in [-0.4, -0.2) is 52.0 Å². The number of benzene rings is 1. The largest absolute Gasteiger partial charge is 0.454 e. The van der Waals surface area contributed by atoms with Gasteiger partial charge in [0.1, 0.15) is 12.6 Å². The second-order valence-corrected chi connectivity index (χ2v) is 9.87. The number of sulfonamides is 1. The van der Waals surface area contributed by atoms with Gasteiger partial charge in [0.2, 0.25) is 22.7 Å². The molecule has 0 atom stereocenters. The molecule has 0 saturated heterocycles.